The van der Waals surface area contributed by atoms with Gasteiger partial charge in [0.15, 0.2) is 0 Å². The van der Waals surface area contributed by atoms with Crippen LogP contribution in [0.25, 0.3) is 32.7 Å². The van der Waals surface area contributed by atoms with Gasteiger partial charge in [0.2, 0.25) is 0 Å². The molecule has 8 rings (SSSR count). The van der Waals surface area contributed by atoms with Crippen LogP contribution in [0.4, 0.5) is 0 Å². The Hall–Kier alpha value is -3.36. The summed E-state index contributed by atoms with van der Waals surface area (Å²) in [6, 6.07) is 41.5. The molecule has 0 amide bonds. The number of allylic oxidation sites excluding steroid dienone is 4. The molecule has 264 valence electrons. The average Bonchev–Trinajstić information content (AvgIpc) is 3.78. The first-order valence-electron chi connectivity index (χ1n) is 17.8. The van der Waals surface area contributed by atoms with E-state index in [-0.39, 0.29) is 35.6 Å². The molecule has 0 spiro atoms. The van der Waals surface area contributed by atoms with Gasteiger partial charge in [-0.3, -0.25) is 6.08 Å². The number of benzene rings is 6. The van der Waals surface area contributed by atoms with Crippen molar-refractivity contribution < 1.29 is 23.9 Å². The van der Waals surface area contributed by atoms with Gasteiger partial charge in [0, 0.05) is 0 Å². The molecule has 3 heteroatoms. The summed E-state index contributed by atoms with van der Waals surface area (Å²) < 4.78 is 1.47. The SMILES string of the molecule is Cc1[c-]c2c(cc1C(C)(C)C)-c1cc(C(C)(C)C)c(C)cc1C2.Cl.Cl.[C-]1=CC=CC1.[Hf+2]=[C](c1cccc2ccccc12)c1cccc2ccccc12. The molecule has 0 N–H and O–H groups in total. The van der Waals surface area contributed by atoms with Crippen LogP contribution in [-0.4, -0.2) is 3.26 Å². The van der Waals surface area contributed by atoms with E-state index in [9.17, 15) is 0 Å². The number of aryl methyl sites for hydroxylation is 2. The second-order valence-electron chi connectivity index (χ2n) is 15.6. The molecule has 0 saturated heterocycles. The first-order valence-corrected chi connectivity index (χ1v) is 19.6. The Balaban J connectivity index is 0.000000198. The average molecular weight is 888 g/mol. The molecule has 0 fully saturated rings. The zero-order valence-corrected chi connectivity index (χ0v) is 37.0. The Morgan fingerprint density at radius 3 is 1.63 bits per heavy atom. The van der Waals surface area contributed by atoms with Crippen molar-refractivity contribution in [2.24, 2.45) is 0 Å². The summed E-state index contributed by atoms with van der Waals surface area (Å²) in [5.41, 5.74) is 14.4. The summed E-state index contributed by atoms with van der Waals surface area (Å²) in [5, 5.41) is 5.33. The van der Waals surface area contributed by atoms with Gasteiger partial charge in [-0.05, 0) is 35.4 Å². The van der Waals surface area contributed by atoms with Crippen LogP contribution in [0.1, 0.15) is 92.5 Å². The Morgan fingerprint density at radius 2 is 1.15 bits per heavy atom. The molecule has 6 aromatic carbocycles. The summed E-state index contributed by atoms with van der Waals surface area (Å²) in [5.74, 6) is 0. The molecule has 2 aliphatic carbocycles. The van der Waals surface area contributed by atoms with E-state index in [0.29, 0.717) is 0 Å². The molecule has 0 atom stereocenters. The van der Waals surface area contributed by atoms with E-state index in [1.807, 2.05) is 12.2 Å². The van der Waals surface area contributed by atoms with Crippen molar-refractivity contribution >= 4 is 49.6 Å². The Morgan fingerprint density at radius 1 is 0.635 bits per heavy atom. The second kappa shape index (κ2) is 17.2. The van der Waals surface area contributed by atoms with E-state index >= 15 is 0 Å². The Labute approximate surface area is 339 Å². The van der Waals surface area contributed by atoms with Gasteiger partial charge in [0.25, 0.3) is 0 Å². The number of hydrogen-bond acceptors (Lipinski definition) is 0. The van der Waals surface area contributed by atoms with Crippen molar-refractivity contribution in [1.29, 1.82) is 0 Å². The minimum atomic E-state index is 0. The second-order valence-corrected chi connectivity index (χ2v) is 17.4. The molecular formula is C49H50Cl2Hf. The molecule has 2 aliphatic rings. The van der Waals surface area contributed by atoms with E-state index in [2.05, 4.69) is 177 Å². The van der Waals surface area contributed by atoms with Gasteiger partial charge in [-0.15, -0.1) is 47.9 Å². The summed E-state index contributed by atoms with van der Waals surface area (Å²) in [6.07, 6.45) is 11.0. The van der Waals surface area contributed by atoms with Crippen molar-refractivity contribution in [3.8, 4) is 11.1 Å². The molecule has 0 aromatic heterocycles. The van der Waals surface area contributed by atoms with Crippen molar-refractivity contribution in [2.75, 3.05) is 0 Å². The van der Waals surface area contributed by atoms with E-state index in [0.717, 1.165) is 36.7 Å². The standard InChI is InChI=1S/C23H29.C21H14.C5H5.2ClH.Hf/c1-14-9-16-11-17-10-15(2)21(23(6,7)8)13-19(17)18(16)12-20(14)22(3,4)5;1-3-13-20-16(7-1)9-5-11-18(20)15-19-12-6-10-17-8-2-4-14-21(17)19;1-2-4-5-3-1;;;/h9,12-13H,11H2,1-8H3;1-14H;1-3H,4H2;2*1H;/q-1;;-1;;;+2. The molecule has 0 aliphatic heterocycles. The Kier molecular flexibility index (Phi) is 13.7. The molecule has 0 saturated carbocycles. The zero-order valence-electron chi connectivity index (χ0n) is 31.8. The fourth-order valence-electron chi connectivity index (χ4n) is 7.39. The van der Waals surface area contributed by atoms with E-state index in [1.54, 1.807) is 0 Å². The van der Waals surface area contributed by atoms with Gasteiger partial charge < -0.3 is 0 Å². The molecule has 0 unspecified atom stereocenters. The summed E-state index contributed by atoms with van der Waals surface area (Å²) >= 11 is 1.02. The summed E-state index contributed by atoms with van der Waals surface area (Å²) in [7, 11) is 0. The van der Waals surface area contributed by atoms with Gasteiger partial charge >= 0.3 is 145 Å². The summed E-state index contributed by atoms with van der Waals surface area (Å²) in [6.45, 7) is 18.2. The maximum absolute atomic E-state index is 3.69. The van der Waals surface area contributed by atoms with Gasteiger partial charge in [0.1, 0.15) is 0 Å². The van der Waals surface area contributed by atoms with Crippen LogP contribution in [0.2, 0.25) is 0 Å². The fraction of sp³-hybridized carbons (Fsp3) is 0.245. The molecule has 0 bridgehead atoms. The van der Waals surface area contributed by atoms with Crippen molar-refractivity contribution in [2.45, 2.75) is 79.1 Å². The van der Waals surface area contributed by atoms with Crippen LogP contribution in [0.3, 0.4) is 0 Å². The first-order chi connectivity index (χ1) is 23.8. The Bertz CT molecular complexity index is 2110. The van der Waals surface area contributed by atoms with Crippen molar-refractivity contribution in [3.05, 3.63) is 178 Å². The third-order valence-electron chi connectivity index (χ3n) is 9.78. The van der Waals surface area contributed by atoms with Crippen LogP contribution in [0.5, 0.6) is 0 Å². The van der Waals surface area contributed by atoms with Gasteiger partial charge in [-0.1, -0.05) is 71.6 Å². The van der Waals surface area contributed by atoms with Crippen LogP contribution in [0.15, 0.2) is 121 Å². The van der Waals surface area contributed by atoms with E-state index in [1.165, 1.54) is 80.4 Å². The fourth-order valence-corrected chi connectivity index (χ4v) is 8.96. The third-order valence-corrected chi connectivity index (χ3v) is 11.7. The molecule has 0 radical (unpaired) electrons. The quantitative estimate of drug-likeness (QED) is 0.120. The molecule has 6 aromatic rings. The van der Waals surface area contributed by atoms with Gasteiger partial charge in [-0.25, -0.2) is 12.2 Å². The molecule has 52 heavy (non-hydrogen) atoms. The number of rotatable bonds is 2. The monoisotopic (exact) mass is 888 g/mol. The molecular weight excluding hydrogens is 838 g/mol. The maximum atomic E-state index is 3.69. The number of halogens is 2. The van der Waals surface area contributed by atoms with Crippen LogP contribution in [0, 0.1) is 26.0 Å². The van der Waals surface area contributed by atoms with Crippen LogP contribution < -0.4 is 0 Å². The van der Waals surface area contributed by atoms with E-state index in [4.69, 9.17) is 0 Å². The van der Waals surface area contributed by atoms with Gasteiger partial charge in [-0.2, -0.15) is 23.8 Å². The topological polar surface area (TPSA) is 0 Å². The minimum absolute atomic E-state index is 0. The van der Waals surface area contributed by atoms with Crippen LogP contribution >= 0.6 is 24.8 Å². The predicted molar refractivity (Wildman–Crippen MR) is 228 cm³/mol. The third kappa shape index (κ3) is 9.04. The number of hydrogen-bond donors (Lipinski definition) is 0. The van der Waals surface area contributed by atoms with Crippen LogP contribution in [-0.2, 0) is 41.1 Å². The first kappa shape index (κ1) is 41.4. The zero-order chi connectivity index (χ0) is 35.6. The number of fused-ring (bicyclic) bond motifs is 5. The van der Waals surface area contributed by atoms with Gasteiger partial charge in [0.05, 0.1) is 0 Å². The van der Waals surface area contributed by atoms with Crippen molar-refractivity contribution in [3.63, 3.8) is 0 Å². The normalized spacial score (nSPS) is 12.5. The van der Waals surface area contributed by atoms with E-state index < -0.39 is 0 Å². The molecule has 0 nitrogen and oxygen atoms in total. The molecule has 0 heterocycles. The summed E-state index contributed by atoms with van der Waals surface area (Å²) in [4.78, 5) is 0. The predicted octanol–water partition coefficient (Wildman–Crippen LogP) is 13.5. The van der Waals surface area contributed by atoms with Crippen molar-refractivity contribution in [1.82, 2.24) is 0 Å².